The number of carbonyl (C=O) groups excluding carboxylic acids is 2. The van der Waals surface area contributed by atoms with Crippen molar-refractivity contribution < 1.29 is 23.8 Å². The summed E-state index contributed by atoms with van der Waals surface area (Å²) in [4.78, 5) is 30.9. The average Bonchev–Trinajstić information content (AvgIpc) is 3.33. The fourth-order valence-electron chi connectivity index (χ4n) is 4.62. The van der Waals surface area contributed by atoms with E-state index >= 15 is 0 Å². The number of likely N-dealkylation sites (N-methyl/N-ethyl adjacent to an activating group) is 1. The summed E-state index contributed by atoms with van der Waals surface area (Å²) in [6, 6.07) is 22.3. The molecule has 0 saturated carbocycles. The molecule has 1 saturated heterocycles. The van der Waals surface area contributed by atoms with Gasteiger partial charge in [0.1, 0.15) is 30.3 Å². The molecule has 0 atom stereocenters. The van der Waals surface area contributed by atoms with Crippen molar-refractivity contribution in [2.24, 2.45) is 0 Å². The van der Waals surface area contributed by atoms with E-state index < -0.39 is 11.7 Å². The Balaban J connectivity index is 1.32. The molecule has 0 bridgehead atoms. The normalized spacial score (nSPS) is 14.0. The first-order valence-corrected chi connectivity index (χ1v) is 14.1. The van der Waals surface area contributed by atoms with Gasteiger partial charge in [0, 0.05) is 48.9 Å². The molecule has 0 radical (unpaired) electrons. The quantitative estimate of drug-likeness (QED) is 0.285. The van der Waals surface area contributed by atoms with Crippen LogP contribution in [0.3, 0.4) is 0 Å². The molecule has 1 aliphatic heterocycles. The molecule has 220 valence electrons. The van der Waals surface area contributed by atoms with Gasteiger partial charge < -0.3 is 29.3 Å². The van der Waals surface area contributed by atoms with Crippen LogP contribution in [0.4, 0.5) is 16.3 Å². The Morgan fingerprint density at radius 2 is 1.52 bits per heavy atom. The first kappa shape index (κ1) is 28.9. The Hall–Kier alpha value is -4.57. The van der Waals surface area contributed by atoms with E-state index in [9.17, 15) is 9.59 Å². The number of anilines is 2. The highest BCUT2D eigenvalue weighted by atomic mass is 16.6. The lowest BCUT2D eigenvalue weighted by Gasteiger charge is -2.34. The van der Waals surface area contributed by atoms with E-state index in [2.05, 4.69) is 27.3 Å². The Morgan fingerprint density at radius 3 is 2.19 bits per heavy atom. The number of fused-ring (bicyclic) bond motifs is 1. The van der Waals surface area contributed by atoms with Gasteiger partial charge in [0.25, 0.3) is 5.91 Å². The summed E-state index contributed by atoms with van der Waals surface area (Å²) >= 11 is 0. The van der Waals surface area contributed by atoms with Crippen molar-refractivity contribution >= 4 is 34.4 Å². The molecule has 1 N–H and O–H groups in total. The molecule has 10 heteroatoms. The molecule has 1 aromatic heterocycles. The third kappa shape index (κ3) is 7.19. The minimum Gasteiger partial charge on any atom is -0.490 e. The number of ether oxygens (including phenoxy) is 3. The Labute approximate surface area is 245 Å². The number of nitrogens with one attached hydrogen (secondary N) is 1. The van der Waals surface area contributed by atoms with Crippen LogP contribution in [0.2, 0.25) is 0 Å². The summed E-state index contributed by atoms with van der Waals surface area (Å²) in [7, 11) is 2.12. The van der Waals surface area contributed by atoms with E-state index in [4.69, 9.17) is 14.2 Å². The second-order valence-corrected chi connectivity index (χ2v) is 11.2. The summed E-state index contributed by atoms with van der Waals surface area (Å²) in [5, 5.41) is 7.89. The largest absolute Gasteiger partial charge is 0.490 e. The Morgan fingerprint density at radius 1 is 0.857 bits per heavy atom. The van der Waals surface area contributed by atoms with Gasteiger partial charge in [-0.3, -0.25) is 4.79 Å². The van der Waals surface area contributed by atoms with Crippen molar-refractivity contribution in [3.63, 3.8) is 0 Å². The fourth-order valence-corrected chi connectivity index (χ4v) is 4.62. The van der Waals surface area contributed by atoms with Gasteiger partial charge in [-0.25, -0.2) is 4.79 Å². The lowest BCUT2D eigenvalue weighted by molar-refractivity contribution is 0.0522. The van der Waals surface area contributed by atoms with Crippen LogP contribution in [0.15, 0.2) is 72.8 Å². The zero-order chi connectivity index (χ0) is 29.7. The number of aromatic nitrogens is 2. The average molecular weight is 572 g/mol. The second-order valence-electron chi connectivity index (χ2n) is 11.2. The second kappa shape index (κ2) is 12.5. The Bertz CT molecular complexity index is 1520. The van der Waals surface area contributed by atoms with Crippen LogP contribution >= 0.6 is 0 Å². The highest BCUT2D eigenvalue weighted by molar-refractivity contribution is 6.09. The summed E-state index contributed by atoms with van der Waals surface area (Å²) in [5.74, 6) is 1.21. The number of piperazine rings is 1. The highest BCUT2D eigenvalue weighted by Crippen LogP contribution is 2.29. The first-order valence-electron chi connectivity index (χ1n) is 14.1. The molecule has 4 aromatic rings. The van der Waals surface area contributed by atoms with Crippen molar-refractivity contribution in [2.75, 3.05) is 56.7 Å². The number of amides is 1. The van der Waals surface area contributed by atoms with E-state index in [1.165, 1.54) is 0 Å². The smallest absolute Gasteiger partial charge is 0.435 e. The number of hydrogen-bond donors (Lipinski definition) is 1. The van der Waals surface area contributed by atoms with Crippen molar-refractivity contribution in [2.45, 2.75) is 26.4 Å². The monoisotopic (exact) mass is 571 g/mol. The molecule has 0 aliphatic carbocycles. The molecular weight excluding hydrogens is 534 g/mol. The van der Waals surface area contributed by atoms with Gasteiger partial charge in [0.05, 0.1) is 5.52 Å². The van der Waals surface area contributed by atoms with Crippen molar-refractivity contribution in [1.82, 2.24) is 14.7 Å². The lowest BCUT2D eigenvalue weighted by Crippen LogP contribution is -2.44. The van der Waals surface area contributed by atoms with Gasteiger partial charge in [-0.05, 0) is 76.3 Å². The molecule has 3 aromatic carbocycles. The lowest BCUT2D eigenvalue weighted by atomic mass is 10.1. The highest BCUT2D eigenvalue weighted by Gasteiger charge is 2.24. The topological polar surface area (TPSA) is 98.2 Å². The van der Waals surface area contributed by atoms with E-state index in [0.717, 1.165) is 42.3 Å². The van der Waals surface area contributed by atoms with Gasteiger partial charge in [0.2, 0.25) is 0 Å². The first-order chi connectivity index (χ1) is 20.2. The van der Waals surface area contributed by atoms with E-state index in [-0.39, 0.29) is 11.7 Å². The van der Waals surface area contributed by atoms with Crippen LogP contribution in [0.5, 0.6) is 11.5 Å². The van der Waals surface area contributed by atoms with Crippen LogP contribution in [0.25, 0.3) is 10.9 Å². The molecule has 0 unspecified atom stereocenters. The van der Waals surface area contributed by atoms with Gasteiger partial charge >= 0.3 is 6.09 Å². The summed E-state index contributed by atoms with van der Waals surface area (Å²) < 4.78 is 18.3. The van der Waals surface area contributed by atoms with Crippen LogP contribution in [-0.4, -0.2) is 78.7 Å². The number of rotatable bonds is 8. The number of nitrogens with zero attached hydrogens (tertiary/aromatic N) is 4. The maximum atomic E-state index is 13.2. The predicted molar refractivity (Wildman–Crippen MR) is 163 cm³/mol. The van der Waals surface area contributed by atoms with Crippen molar-refractivity contribution in [1.29, 1.82) is 0 Å². The van der Waals surface area contributed by atoms with E-state index in [0.29, 0.717) is 35.4 Å². The number of carbonyl (C=O) groups is 2. The van der Waals surface area contributed by atoms with Crippen molar-refractivity contribution in [3.8, 4) is 11.5 Å². The molecule has 1 aliphatic rings. The van der Waals surface area contributed by atoms with E-state index in [1.807, 2.05) is 42.5 Å². The SMILES string of the molecule is CN1CCN(c2ccc(C(=O)Nc3nn(C(=O)OC(C)(C)C)c4cc(OCCOc5ccccc5)ccc34)cc2)CC1. The summed E-state index contributed by atoms with van der Waals surface area (Å²) in [6.45, 7) is 9.90. The van der Waals surface area contributed by atoms with Gasteiger partial charge in [-0.15, -0.1) is 5.10 Å². The zero-order valence-electron chi connectivity index (χ0n) is 24.5. The standard InChI is InChI=1S/C32H37N5O5/c1-32(2,3)42-31(39)37-28-22-26(41-21-20-40-25-8-6-5-7-9-25)14-15-27(28)29(34-37)33-30(38)23-10-12-24(13-11-23)36-18-16-35(4)17-19-36/h5-15,22H,16-21H2,1-4H3,(H,33,34,38). The predicted octanol–water partition coefficient (Wildman–Crippen LogP) is 5.28. The molecule has 10 nitrogen and oxygen atoms in total. The Kier molecular flexibility index (Phi) is 8.63. The number of benzene rings is 3. The van der Waals surface area contributed by atoms with Gasteiger partial charge in [0.15, 0.2) is 5.82 Å². The van der Waals surface area contributed by atoms with Gasteiger partial charge in [-0.1, -0.05) is 18.2 Å². The zero-order valence-corrected chi connectivity index (χ0v) is 24.5. The van der Waals surface area contributed by atoms with Crippen molar-refractivity contribution in [3.05, 3.63) is 78.4 Å². The summed E-state index contributed by atoms with van der Waals surface area (Å²) in [5.41, 5.74) is 1.30. The third-order valence-corrected chi connectivity index (χ3v) is 6.81. The van der Waals surface area contributed by atoms with Crippen LogP contribution in [0.1, 0.15) is 31.1 Å². The molecule has 1 fully saturated rings. The maximum absolute atomic E-state index is 13.2. The third-order valence-electron chi connectivity index (χ3n) is 6.81. The number of hydrogen-bond acceptors (Lipinski definition) is 8. The minimum absolute atomic E-state index is 0.253. The maximum Gasteiger partial charge on any atom is 0.435 e. The summed E-state index contributed by atoms with van der Waals surface area (Å²) in [6.07, 6.45) is -0.658. The van der Waals surface area contributed by atoms with Crippen LogP contribution < -0.4 is 19.7 Å². The molecule has 2 heterocycles. The molecule has 0 spiro atoms. The number of para-hydroxylation sites is 1. The molecule has 1 amide bonds. The molecular formula is C32H37N5O5. The molecule has 5 rings (SSSR count). The fraction of sp³-hybridized carbons (Fsp3) is 0.344. The molecule has 42 heavy (non-hydrogen) atoms. The van der Waals surface area contributed by atoms with Crippen LogP contribution in [0, 0.1) is 0 Å². The van der Waals surface area contributed by atoms with E-state index in [1.54, 1.807) is 51.1 Å². The minimum atomic E-state index is -0.729. The van der Waals surface area contributed by atoms with Crippen LogP contribution in [-0.2, 0) is 4.74 Å². The van der Waals surface area contributed by atoms with Gasteiger partial charge in [-0.2, -0.15) is 4.68 Å².